The summed E-state index contributed by atoms with van der Waals surface area (Å²) in [6.07, 6.45) is 1.54. The maximum Gasteiger partial charge on any atom is 0.209 e. The van der Waals surface area contributed by atoms with Gasteiger partial charge in [0.15, 0.2) is 0 Å². The lowest BCUT2D eigenvalue weighted by Crippen LogP contribution is -2.04. The number of hydrogen-bond acceptors (Lipinski definition) is 5. The lowest BCUT2D eigenvalue weighted by atomic mass is 10.1. The van der Waals surface area contributed by atoms with E-state index in [2.05, 4.69) is 26.6 Å². The van der Waals surface area contributed by atoms with Crippen LogP contribution in [0, 0.1) is 17.1 Å². The molecule has 0 bridgehead atoms. The molecule has 0 unspecified atom stereocenters. The van der Waals surface area contributed by atoms with Gasteiger partial charge in [-0.15, -0.1) is 10.2 Å². The molecule has 132 valence electrons. The van der Waals surface area contributed by atoms with Crippen molar-refractivity contribution in [1.82, 2.24) is 30.0 Å². The molecule has 0 amide bonds. The summed E-state index contributed by atoms with van der Waals surface area (Å²) in [7, 11) is 0. The Labute approximate surface area is 158 Å². The minimum atomic E-state index is -0.338. The molecule has 9 heteroatoms. The highest BCUT2D eigenvalue weighted by Gasteiger charge is 2.16. The summed E-state index contributed by atoms with van der Waals surface area (Å²) >= 11 is 6.40. The van der Waals surface area contributed by atoms with Crippen molar-refractivity contribution in [3.8, 4) is 23.1 Å². The Morgan fingerprint density at radius 2 is 1.81 bits per heavy atom. The molecular formula is C18H11ClFN7. The van der Waals surface area contributed by atoms with Crippen LogP contribution in [0.5, 0.6) is 0 Å². The van der Waals surface area contributed by atoms with E-state index >= 15 is 0 Å². The Kier molecular flexibility index (Phi) is 4.36. The van der Waals surface area contributed by atoms with Gasteiger partial charge in [0.05, 0.1) is 35.6 Å². The van der Waals surface area contributed by atoms with Crippen LogP contribution in [0.2, 0.25) is 5.15 Å². The van der Waals surface area contributed by atoms with Crippen LogP contribution >= 0.6 is 11.6 Å². The molecule has 2 aromatic carbocycles. The molecule has 4 rings (SSSR count). The van der Waals surface area contributed by atoms with Crippen LogP contribution in [0.3, 0.4) is 0 Å². The van der Waals surface area contributed by atoms with Crippen molar-refractivity contribution in [3.63, 3.8) is 0 Å². The Morgan fingerprint density at radius 1 is 1.07 bits per heavy atom. The van der Waals surface area contributed by atoms with Crippen molar-refractivity contribution >= 4 is 11.6 Å². The second-order valence-corrected chi connectivity index (χ2v) is 6.05. The maximum absolute atomic E-state index is 13.1. The van der Waals surface area contributed by atoms with Gasteiger partial charge in [0.1, 0.15) is 11.0 Å². The number of rotatable bonds is 4. The fourth-order valence-corrected chi connectivity index (χ4v) is 2.79. The van der Waals surface area contributed by atoms with Crippen LogP contribution in [0.15, 0.2) is 54.7 Å². The fraction of sp³-hybridized carbons (Fsp3) is 0.0556. The maximum atomic E-state index is 13.1. The molecule has 0 radical (unpaired) electrons. The average Bonchev–Trinajstić information content (AvgIpc) is 3.29. The minimum Gasteiger partial charge on any atom is -0.221 e. The highest BCUT2D eigenvalue weighted by molar-refractivity contribution is 6.32. The quantitative estimate of drug-likeness (QED) is 0.543. The largest absolute Gasteiger partial charge is 0.221 e. The third kappa shape index (κ3) is 3.41. The molecule has 27 heavy (non-hydrogen) atoms. The van der Waals surface area contributed by atoms with Crippen molar-refractivity contribution in [1.29, 1.82) is 5.26 Å². The van der Waals surface area contributed by atoms with Gasteiger partial charge in [-0.3, -0.25) is 0 Å². The van der Waals surface area contributed by atoms with Crippen LogP contribution in [0.1, 0.15) is 11.1 Å². The van der Waals surface area contributed by atoms with Crippen LogP contribution in [-0.4, -0.2) is 30.0 Å². The summed E-state index contributed by atoms with van der Waals surface area (Å²) in [5.74, 6) is -0.00308. The lowest BCUT2D eigenvalue weighted by molar-refractivity contribution is 0.573. The first-order valence-corrected chi connectivity index (χ1v) is 8.28. The summed E-state index contributed by atoms with van der Waals surface area (Å²) < 4.78 is 14.6. The second-order valence-electron chi connectivity index (χ2n) is 5.69. The first kappa shape index (κ1) is 16.9. The molecule has 0 spiro atoms. The highest BCUT2D eigenvalue weighted by atomic mass is 35.5. The standard InChI is InChI=1S/C18H11ClFN7/c19-17-16(10-22-27(17)15-7-5-14(20)6-8-15)18-23-25-26(24-18)11-13-3-1-12(9-21)2-4-13/h1-8,10H,11H2. The Hall–Kier alpha value is -3.57. The normalized spacial score (nSPS) is 10.7. The van der Waals surface area contributed by atoms with Crippen molar-refractivity contribution in [3.05, 3.63) is 76.8 Å². The molecule has 7 nitrogen and oxygen atoms in total. The van der Waals surface area contributed by atoms with Gasteiger partial charge in [0.25, 0.3) is 0 Å². The van der Waals surface area contributed by atoms with E-state index in [9.17, 15) is 4.39 Å². The van der Waals surface area contributed by atoms with Crippen molar-refractivity contribution in [2.24, 2.45) is 0 Å². The SMILES string of the molecule is N#Cc1ccc(Cn2nnc(-c3cnn(-c4ccc(F)cc4)c3Cl)n2)cc1. The summed E-state index contributed by atoms with van der Waals surface area (Å²) in [5.41, 5.74) is 2.67. The predicted molar refractivity (Wildman–Crippen MR) is 95.6 cm³/mol. The number of nitriles is 1. The van der Waals surface area contributed by atoms with E-state index in [1.165, 1.54) is 27.8 Å². The summed E-state index contributed by atoms with van der Waals surface area (Å²) in [4.78, 5) is 1.43. The molecule has 0 saturated heterocycles. The van der Waals surface area contributed by atoms with E-state index < -0.39 is 0 Å². The Balaban J connectivity index is 1.58. The molecule has 0 aliphatic carbocycles. The van der Waals surface area contributed by atoms with Gasteiger partial charge in [-0.1, -0.05) is 23.7 Å². The van der Waals surface area contributed by atoms with Crippen LogP contribution in [0.4, 0.5) is 4.39 Å². The molecule has 0 fully saturated rings. The lowest BCUT2D eigenvalue weighted by Gasteiger charge is -2.02. The van der Waals surface area contributed by atoms with Crippen molar-refractivity contribution in [2.75, 3.05) is 0 Å². The van der Waals surface area contributed by atoms with Crippen molar-refractivity contribution in [2.45, 2.75) is 6.54 Å². The monoisotopic (exact) mass is 379 g/mol. The van der Waals surface area contributed by atoms with E-state index in [1.807, 2.05) is 12.1 Å². The number of hydrogen-bond donors (Lipinski definition) is 0. The summed E-state index contributed by atoms with van der Waals surface area (Å²) in [6, 6.07) is 15.0. The van der Waals surface area contributed by atoms with Gasteiger partial charge < -0.3 is 0 Å². The molecule has 2 aromatic heterocycles. The number of nitrogens with zero attached hydrogens (tertiary/aromatic N) is 7. The van der Waals surface area contributed by atoms with E-state index in [0.717, 1.165) is 5.56 Å². The molecule has 4 aromatic rings. The second kappa shape index (κ2) is 6.97. The summed E-state index contributed by atoms with van der Waals surface area (Å²) in [5, 5.41) is 25.8. The highest BCUT2D eigenvalue weighted by Crippen LogP contribution is 2.27. The molecule has 0 atom stereocenters. The van der Waals surface area contributed by atoms with Gasteiger partial charge in [-0.05, 0) is 47.2 Å². The van der Waals surface area contributed by atoms with Crippen molar-refractivity contribution < 1.29 is 4.39 Å². The Morgan fingerprint density at radius 3 is 2.52 bits per heavy atom. The first-order valence-electron chi connectivity index (χ1n) is 7.91. The van der Waals surface area contributed by atoms with E-state index in [4.69, 9.17) is 16.9 Å². The number of tetrazole rings is 1. The van der Waals surface area contributed by atoms with Crippen LogP contribution < -0.4 is 0 Å². The van der Waals surface area contributed by atoms with Gasteiger partial charge in [0.2, 0.25) is 5.82 Å². The van der Waals surface area contributed by atoms with Gasteiger partial charge in [0, 0.05) is 0 Å². The Bertz CT molecular complexity index is 1120. The molecule has 2 heterocycles. The molecule has 0 saturated carbocycles. The topological polar surface area (TPSA) is 85.2 Å². The average molecular weight is 380 g/mol. The number of halogens is 2. The first-order chi connectivity index (χ1) is 13.1. The number of aromatic nitrogens is 6. The summed E-state index contributed by atoms with van der Waals surface area (Å²) in [6.45, 7) is 0.405. The predicted octanol–water partition coefficient (Wildman–Crippen LogP) is 3.24. The minimum absolute atomic E-state index is 0.305. The smallest absolute Gasteiger partial charge is 0.209 e. The zero-order chi connectivity index (χ0) is 18.8. The molecule has 0 aliphatic rings. The van der Waals surface area contributed by atoms with Gasteiger partial charge in [-0.25, -0.2) is 9.07 Å². The molecule has 0 N–H and O–H groups in total. The third-order valence-corrected chi connectivity index (χ3v) is 4.25. The molecular weight excluding hydrogens is 369 g/mol. The third-order valence-electron chi connectivity index (χ3n) is 3.88. The number of benzene rings is 2. The van der Waals surface area contributed by atoms with Gasteiger partial charge >= 0.3 is 0 Å². The van der Waals surface area contributed by atoms with Crippen LogP contribution in [-0.2, 0) is 6.54 Å². The fourth-order valence-electron chi connectivity index (χ4n) is 2.51. The van der Waals surface area contributed by atoms with E-state index in [0.29, 0.717) is 34.3 Å². The van der Waals surface area contributed by atoms with Crippen LogP contribution in [0.25, 0.3) is 17.1 Å². The molecule has 0 aliphatic heterocycles. The van der Waals surface area contributed by atoms with E-state index in [-0.39, 0.29) is 5.82 Å². The zero-order valence-corrected chi connectivity index (χ0v) is 14.5. The van der Waals surface area contributed by atoms with Gasteiger partial charge in [-0.2, -0.15) is 15.2 Å². The zero-order valence-electron chi connectivity index (χ0n) is 13.8. The van der Waals surface area contributed by atoms with E-state index in [1.54, 1.807) is 24.3 Å².